The minimum absolute atomic E-state index is 0.0508. The number of nitrogens with zero attached hydrogens (tertiary/aromatic N) is 2. The summed E-state index contributed by atoms with van der Waals surface area (Å²) in [5.41, 5.74) is 11.4. The van der Waals surface area contributed by atoms with Gasteiger partial charge < -0.3 is 42.5 Å². The van der Waals surface area contributed by atoms with Crippen molar-refractivity contribution in [2.45, 2.75) is 66.2 Å². The van der Waals surface area contributed by atoms with E-state index in [0.29, 0.717) is 119 Å². The van der Waals surface area contributed by atoms with Gasteiger partial charge in [0.2, 0.25) is 51.3 Å². The number of carbonyl (C=O) groups excluding carboxylic acids is 8. The normalized spacial score (nSPS) is 9.15. The third-order valence-corrected chi connectivity index (χ3v) is 13.8. The number of nitrogens with one attached hydrogen (secondary N) is 8. The van der Waals surface area contributed by atoms with E-state index in [-0.39, 0.29) is 5.69 Å². The molecule has 0 aliphatic rings. The van der Waals surface area contributed by atoms with Crippen molar-refractivity contribution in [1.29, 1.82) is 0 Å². The van der Waals surface area contributed by atoms with Crippen LogP contribution in [0.5, 0.6) is 0 Å². The van der Waals surface area contributed by atoms with E-state index in [1.165, 1.54) is 23.3 Å². The molecule has 8 aromatic carbocycles. The van der Waals surface area contributed by atoms with Crippen LogP contribution in [0.25, 0.3) is 4.85 Å². The second-order valence-corrected chi connectivity index (χ2v) is 21.8. The number of aryl methyl sites for hydroxylation is 2. The number of amides is 8. The molecule has 0 saturated heterocycles. The zero-order valence-electron chi connectivity index (χ0n) is 50.0. The van der Waals surface area contributed by atoms with Crippen molar-refractivity contribution in [3.63, 3.8) is 0 Å². The number of halogens is 5. The highest BCUT2D eigenvalue weighted by atomic mass is 79.9. The average molecular weight is 1480 g/mol. The Labute approximate surface area is 570 Å². The lowest BCUT2D eigenvalue weighted by molar-refractivity contribution is -0.384. The zero-order valence-corrected chi connectivity index (χ0v) is 56.3. The molecule has 0 heterocycles. The predicted molar refractivity (Wildman–Crippen MR) is 370 cm³/mol. The number of nitro benzene ring substituents is 1. The Hall–Kier alpha value is -9.57. The van der Waals surface area contributed by atoms with Gasteiger partial charge in [0.1, 0.15) is 0 Å². The van der Waals surface area contributed by atoms with Gasteiger partial charge in [0.25, 0.3) is 5.69 Å². The fraction of sp³-hybridized carbons (Fsp3) is 0.149. The first-order chi connectivity index (χ1) is 44.5. The fourth-order valence-electron chi connectivity index (χ4n) is 6.64. The molecular formula is C67H69Br3Cl2N10O10. The second kappa shape index (κ2) is 52.2. The molecule has 25 heteroatoms. The van der Waals surface area contributed by atoms with E-state index in [4.69, 9.17) is 29.8 Å². The number of benzene rings is 8. The molecule has 0 aliphatic carbocycles. The van der Waals surface area contributed by atoms with Crippen LogP contribution < -0.4 is 42.5 Å². The van der Waals surface area contributed by atoms with Crippen LogP contribution in [0, 0.1) is 30.5 Å². The van der Waals surface area contributed by atoms with E-state index in [1.54, 1.807) is 36.4 Å². The van der Waals surface area contributed by atoms with E-state index in [2.05, 4.69) is 95.2 Å². The van der Waals surface area contributed by atoms with Crippen LogP contribution >= 0.6 is 71.0 Å². The van der Waals surface area contributed by atoms with Gasteiger partial charge in [0.05, 0.1) is 21.5 Å². The van der Waals surface area contributed by atoms with Crippen molar-refractivity contribution in [2.24, 2.45) is 0 Å². The first-order valence-electron chi connectivity index (χ1n) is 27.3. The standard InChI is InChI=1S/C9H8N2O.2C9H11NO.3C8H8BrNO.C8H7Cl2NO.C8H8N2O3/c1-10-9-4-2-8(3-5-9)6-11-7-12;2*1-8-2-4-9(5-3-8)6-10-7-11;9-8-3-1-7(2-4-8)5-10-6-11;9-8-3-1-2-7(4-8)5-10-6-11;9-8-4-2-1-3-7(8)5-10-6-11;9-7-2-1-6(3-8(7)10)4-11-5-12;11-6-9-5-7-1-3-8(4-2-7)10(12)13/h2-5,7H,6H2,(H,11,12);2*2-5,7H,6H2,1H3,(H,10,11);3*1-4,6H,5H2,(H,10,11);1-3,5H,4H2,(H,11,12);1-4,6H,5H2,(H,9,11). The molecule has 0 radical (unpaired) electrons. The average Bonchev–Trinajstić information content (AvgIpc) is 3.41. The van der Waals surface area contributed by atoms with Crippen LogP contribution in [0.15, 0.2) is 201 Å². The van der Waals surface area contributed by atoms with Crippen LogP contribution in [-0.2, 0) is 90.7 Å². The number of hydrogen-bond acceptors (Lipinski definition) is 10. The smallest absolute Gasteiger partial charge is 0.269 e. The van der Waals surface area contributed by atoms with Crippen molar-refractivity contribution in [1.82, 2.24) is 42.5 Å². The summed E-state index contributed by atoms with van der Waals surface area (Å²) in [5.74, 6) is 0. The van der Waals surface area contributed by atoms with Gasteiger partial charge in [-0.05, 0) is 101 Å². The molecule has 92 heavy (non-hydrogen) atoms. The van der Waals surface area contributed by atoms with E-state index in [0.717, 1.165) is 57.9 Å². The molecule has 482 valence electrons. The van der Waals surface area contributed by atoms with Gasteiger partial charge in [-0.15, -0.1) is 0 Å². The molecule has 8 rings (SSSR count). The van der Waals surface area contributed by atoms with Gasteiger partial charge in [0, 0.05) is 77.9 Å². The van der Waals surface area contributed by atoms with Crippen LogP contribution in [0.1, 0.15) is 55.6 Å². The number of non-ortho nitro benzene ring substituents is 1. The maximum absolute atomic E-state index is 10.3. The van der Waals surface area contributed by atoms with E-state index in [1.807, 2.05) is 153 Å². The lowest BCUT2D eigenvalue weighted by atomic mass is 10.1. The van der Waals surface area contributed by atoms with Gasteiger partial charge >= 0.3 is 0 Å². The zero-order chi connectivity index (χ0) is 68.0. The molecule has 0 fully saturated rings. The molecule has 0 saturated carbocycles. The summed E-state index contributed by atoms with van der Waals surface area (Å²) in [7, 11) is 0. The molecule has 20 nitrogen and oxygen atoms in total. The molecule has 0 unspecified atom stereocenters. The van der Waals surface area contributed by atoms with Crippen molar-refractivity contribution in [3.05, 3.63) is 289 Å². The number of hydrogen-bond donors (Lipinski definition) is 8. The van der Waals surface area contributed by atoms with Gasteiger partial charge in [-0.2, -0.15) is 0 Å². The molecule has 8 N–H and O–H groups in total. The fourth-order valence-corrected chi connectivity index (χ4v) is 8.10. The highest BCUT2D eigenvalue weighted by Gasteiger charge is 2.03. The SMILES string of the molecule is Cc1ccc(CNC=O)cc1.Cc1ccc(CNC=O)cc1.O=CNCc1ccc(Br)cc1.O=CNCc1ccc(Cl)c(Cl)c1.O=CNCc1ccc([N+](=O)[O-])cc1.O=CNCc1cccc(Br)c1.O=CNCc1ccccc1Br.[C-]#[N+]c1ccc(CNC=O)cc1. The summed E-state index contributed by atoms with van der Waals surface area (Å²) in [6, 6.07) is 57.9. The summed E-state index contributed by atoms with van der Waals surface area (Å²) >= 11 is 21.5. The van der Waals surface area contributed by atoms with Crippen molar-refractivity contribution in [2.75, 3.05) is 0 Å². The first kappa shape index (κ1) is 80.4. The summed E-state index contributed by atoms with van der Waals surface area (Å²) in [6.07, 6.45) is 5.38. The summed E-state index contributed by atoms with van der Waals surface area (Å²) < 4.78 is 3.10. The highest BCUT2D eigenvalue weighted by Crippen LogP contribution is 2.22. The Morgan fingerprint density at radius 3 is 1.09 bits per heavy atom. The Kier molecular flexibility index (Phi) is 45.7. The lowest BCUT2D eigenvalue weighted by Crippen LogP contribution is -2.09. The van der Waals surface area contributed by atoms with Gasteiger partial charge in [-0.1, -0.05) is 216 Å². The highest BCUT2D eigenvalue weighted by molar-refractivity contribution is 9.11. The number of rotatable bonds is 25. The van der Waals surface area contributed by atoms with Crippen molar-refractivity contribution in [3.8, 4) is 0 Å². The van der Waals surface area contributed by atoms with Crippen LogP contribution in [0.2, 0.25) is 10.0 Å². The van der Waals surface area contributed by atoms with Crippen LogP contribution in [0.3, 0.4) is 0 Å². The molecule has 8 aromatic rings. The summed E-state index contributed by atoms with van der Waals surface area (Å²) in [4.78, 5) is 92.6. The second-order valence-electron chi connectivity index (χ2n) is 18.3. The molecular weight excluding hydrogens is 1420 g/mol. The summed E-state index contributed by atoms with van der Waals surface area (Å²) in [6.45, 7) is 15.1. The van der Waals surface area contributed by atoms with Gasteiger partial charge in [0.15, 0.2) is 5.69 Å². The molecule has 0 aliphatic heterocycles. The van der Waals surface area contributed by atoms with Crippen molar-refractivity contribution >= 4 is 134 Å². The number of carbonyl (C=O) groups is 8. The maximum atomic E-state index is 10.3. The molecule has 0 atom stereocenters. The van der Waals surface area contributed by atoms with E-state index >= 15 is 0 Å². The Morgan fingerprint density at radius 1 is 0.391 bits per heavy atom. The minimum Gasteiger partial charge on any atom is -0.355 e. The Morgan fingerprint density at radius 2 is 0.728 bits per heavy atom. The van der Waals surface area contributed by atoms with E-state index < -0.39 is 4.92 Å². The van der Waals surface area contributed by atoms with Gasteiger partial charge in [-0.3, -0.25) is 48.5 Å². The predicted octanol–water partition coefficient (Wildman–Crippen LogP) is 12.1. The number of nitro groups is 1. The van der Waals surface area contributed by atoms with Crippen molar-refractivity contribution < 1.29 is 43.3 Å². The third kappa shape index (κ3) is 40.1. The Balaban J connectivity index is 0.000000526. The van der Waals surface area contributed by atoms with Crippen LogP contribution in [0.4, 0.5) is 11.4 Å². The Bertz CT molecular complexity index is 3340. The van der Waals surface area contributed by atoms with Crippen LogP contribution in [-0.4, -0.2) is 56.2 Å². The molecule has 0 aromatic heterocycles. The lowest BCUT2D eigenvalue weighted by Gasteiger charge is -2.01. The molecule has 0 bridgehead atoms. The molecule has 8 amide bonds. The maximum Gasteiger partial charge on any atom is 0.269 e. The largest absolute Gasteiger partial charge is 0.355 e. The minimum atomic E-state index is -0.461. The topological polar surface area (TPSA) is 280 Å². The van der Waals surface area contributed by atoms with E-state index in [9.17, 15) is 48.5 Å². The monoisotopic (exact) mass is 1480 g/mol. The first-order valence-corrected chi connectivity index (χ1v) is 30.5. The summed E-state index contributed by atoms with van der Waals surface area (Å²) in [5, 5.41) is 31.8. The van der Waals surface area contributed by atoms with Gasteiger partial charge in [-0.25, -0.2) is 4.85 Å². The quantitative estimate of drug-likeness (QED) is 0.0116. The third-order valence-electron chi connectivity index (χ3n) is 11.3. The molecule has 0 spiro atoms.